The zero-order chi connectivity index (χ0) is 7.33. The van der Waals surface area contributed by atoms with Crippen molar-refractivity contribution >= 4 is 32.8 Å². The number of rotatable bonds is 2. The zero-order valence-electron chi connectivity index (χ0n) is 4.39. The van der Waals surface area contributed by atoms with E-state index in [1.165, 1.54) is 0 Å². The summed E-state index contributed by atoms with van der Waals surface area (Å²) < 4.78 is 24.7. The number of nitrogens with two attached hydrogens (primary N) is 1. The van der Waals surface area contributed by atoms with Crippen LogP contribution < -0.4 is 9.86 Å². The van der Waals surface area contributed by atoms with Crippen molar-refractivity contribution in [2.45, 2.75) is 0 Å². The number of halogens is 1. The molecule has 0 rings (SSSR count). The highest BCUT2D eigenvalue weighted by atomic mass is 127. The van der Waals surface area contributed by atoms with Crippen LogP contribution in [0.2, 0.25) is 0 Å². The maximum absolute atomic E-state index is 10.1. The Balaban J connectivity index is 3.62. The van der Waals surface area contributed by atoms with Crippen LogP contribution in [0.15, 0.2) is 0 Å². The maximum Gasteiger partial charge on any atom is 0.275 e. The van der Waals surface area contributed by atoms with Gasteiger partial charge in [0.15, 0.2) is 0 Å². The largest absolute Gasteiger partial charge is 0.275 e. The van der Waals surface area contributed by atoms with Gasteiger partial charge in [0.05, 0.1) is 6.54 Å². The average molecular weight is 260 g/mol. The summed E-state index contributed by atoms with van der Waals surface area (Å²) in [5, 5.41) is 4.57. The normalized spacial score (nSPS) is 10.0. The summed E-state index contributed by atoms with van der Waals surface area (Å²) in [4.78, 5) is 0. The van der Waals surface area contributed by atoms with Gasteiger partial charge in [-0.3, -0.25) is 0 Å². The first-order chi connectivity index (χ1) is 4.06. The lowest BCUT2D eigenvalue weighted by atomic mass is 10.7. The van der Waals surface area contributed by atoms with E-state index in [9.17, 15) is 8.42 Å². The van der Waals surface area contributed by atoms with Crippen LogP contribution in [-0.2, 0) is 10.2 Å². The van der Waals surface area contributed by atoms with Crippen molar-refractivity contribution in [3.63, 3.8) is 0 Å². The molecule has 0 aromatic rings. The van der Waals surface area contributed by atoms with Gasteiger partial charge in [-0.05, 0) is 3.93 Å². The van der Waals surface area contributed by atoms with Crippen LogP contribution in [0.4, 0.5) is 0 Å². The van der Waals surface area contributed by atoms with Crippen molar-refractivity contribution in [2.75, 3.05) is 6.54 Å². The van der Waals surface area contributed by atoms with Crippen LogP contribution >= 0.6 is 22.6 Å². The molecule has 0 radical (unpaired) electrons. The van der Waals surface area contributed by atoms with Gasteiger partial charge in [-0.15, -0.1) is 0 Å². The fourth-order valence-electron chi connectivity index (χ4n) is 0.170. The van der Waals surface area contributed by atoms with E-state index < -0.39 is 10.2 Å². The molecule has 52 valence electrons. The maximum atomic E-state index is 10.1. The lowest BCUT2D eigenvalue weighted by Crippen LogP contribution is -2.30. The molecular weight excluding hydrogens is 255 g/mol. The Morgan fingerprint density at radius 3 is 2.56 bits per heavy atom. The molecule has 0 unspecified atom stereocenters. The summed E-state index contributed by atoms with van der Waals surface area (Å²) in [6.45, 7) is 0.0712. The Morgan fingerprint density at radius 1 is 1.67 bits per heavy atom. The van der Waals surface area contributed by atoms with Gasteiger partial charge < -0.3 is 0 Å². The molecule has 9 heavy (non-hydrogen) atoms. The van der Waals surface area contributed by atoms with E-state index in [4.69, 9.17) is 0 Å². The summed E-state index contributed by atoms with van der Waals surface area (Å²) in [6.07, 6.45) is 0. The molecule has 0 saturated carbocycles. The van der Waals surface area contributed by atoms with Crippen molar-refractivity contribution in [1.29, 1.82) is 0 Å². The van der Waals surface area contributed by atoms with Gasteiger partial charge in [0.25, 0.3) is 10.2 Å². The molecule has 0 amide bonds. The van der Waals surface area contributed by atoms with Crippen LogP contribution in [0.25, 0.3) is 0 Å². The molecule has 4 nitrogen and oxygen atoms in total. The summed E-state index contributed by atoms with van der Waals surface area (Å²) in [5.74, 6) is 2.47. The van der Waals surface area contributed by atoms with Crippen LogP contribution in [-0.4, -0.2) is 15.0 Å². The predicted molar refractivity (Wildman–Crippen MR) is 42.9 cm³/mol. The molecule has 0 aromatic heterocycles. The Labute approximate surface area is 67.5 Å². The minimum Gasteiger partial charge on any atom is -0.216 e. The van der Waals surface area contributed by atoms with E-state index in [-0.39, 0.29) is 6.54 Å². The predicted octanol–water partition coefficient (Wildman–Crippen LogP) is -0.825. The van der Waals surface area contributed by atoms with Crippen LogP contribution in [0.1, 0.15) is 0 Å². The highest BCUT2D eigenvalue weighted by Gasteiger charge is 1.94. The molecule has 6 heteroatoms. The zero-order valence-corrected chi connectivity index (χ0v) is 7.36. The lowest BCUT2D eigenvalue weighted by molar-refractivity contribution is 0.588. The molecule has 0 aliphatic heterocycles. The van der Waals surface area contributed by atoms with E-state index >= 15 is 0 Å². The van der Waals surface area contributed by atoms with E-state index in [0.29, 0.717) is 0 Å². The smallest absolute Gasteiger partial charge is 0.216 e. The second-order valence-corrected chi connectivity index (χ2v) is 3.06. The van der Waals surface area contributed by atoms with Gasteiger partial charge in [0.2, 0.25) is 0 Å². The molecule has 0 heterocycles. The third-order valence-corrected chi connectivity index (χ3v) is 1.36. The molecule has 0 aromatic carbocycles. The van der Waals surface area contributed by atoms with Gasteiger partial charge in [0, 0.05) is 22.6 Å². The minimum atomic E-state index is -3.55. The van der Waals surface area contributed by atoms with Crippen molar-refractivity contribution in [3.05, 3.63) is 0 Å². The summed E-state index contributed by atoms with van der Waals surface area (Å²) in [7, 11) is -3.55. The average Bonchev–Trinajstić information content (AvgIpc) is 1.63. The Morgan fingerprint density at radius 2 is 2.22 bits per heavy atom. The van der Waals surface area contributed by atoms with Gasteiger partial charge >= 0.3 is 0 Å². The van der Waals surface area contributed by atoms with Gasteiger partial charge in [-0.1, -0.05) is 5.92 Å². The van der Waals surface area contributed by atoms with Crippen LogP contribution in [0.3, 0.4) is 0 Å². The third kappa shape index (κ3) is 8.16. The fourth-order valence-corrected chi connectivity index (χ4v) is 0.634. The summed E-state index contributed by atoms with van der Waals surface area (Å²) >= 11 is 1.80. The molecule has 0 atom stereocenters. The minimum absolute atomic E-state index is 0.0712. The molecular formula is C3H5IN2O2S. The van der Waals surface area contributed by atoms with Gasteiger partial charge in [-0.2, -0.15) is 13.1 Å². The van der Waals surface area contributed by atoms with Crippen LogP contribution in [0, 0.1) is 9.85 Å². The standard InChI is InChI=1S/C3H5IN2O2S/c4-2-1-3-6-9(5,7)8/h6H,3H2,(H2,5,7,8). The molecule has 0 bridgehead atoms. The van der Waals surface area contributed by atoms with Crippen molar-refractivity contribution in [2.24, 2.45) is 5.14 Å². The number of hydrogen-bond acceptors (Lipinski definition) is 2. The molecule has 0 fully saturated rings. The van der Waals surface area contributed by atoms with E-state index in [2.05, 4.69) is 15.0 Å². The van der Waals surface area contributed by atoms with E-state index in [1.54, 1.807) is 22.6 Å². The molecule has 0 spiro atoms. The van der Waals surface area contributed by atoms with Gasteiger partial charge in [-0.25, -0.2) is 5.14 Å². The number of nitrogens with one attached hydrogen (secondary N) is 1. The quantitative estimate of drug-likeness (QED) is 0.502. The molecule has 0 aliphatic carbocycles. The van der Waals surface area contributed by atoms with Crippen LogP contribution in [0.5, 0.6) is 0 Å². The Bertz CT molecular complexity index is 224. The fraction of sp³-hybridized carbons (Fsp3) is 0.333. The van der Waals surface area contributed by atoms with Crippen molar-refractivity contribution in [3.8, 4) is 9.85 Å². The number of hydrogen-bond donors (Lipinski definition) is 2. The topological polar surface area (TPSA) is 72.2 Å². The molecule has 0 aliphatic rings. The van der Waals surface area contributed by atoms with E-state index in [0.717, 1.165) is 0 Å². The second-order valence-electron chi connectivity index (χ2n) is 1.14. The lowest BCUT2D eigenvalue weighted by Gasteiger charge is -1.91. The Hall–Kier alpha value is 0.160. The third-order valence-electron chi connectivity index (χ3n) is 0.429. The molecule has 0 saturated heterocycles. The SMILES string of the molecule is NS(=O)(=O)NCC#CI. The first-order valence-electron chi connectivity index (χ1n) is 1.92. The van der Waals surface area contributed by atoms with E-state index in [1.807, 2.05) is 4.72 Å². The Kier molecular flexibility index (Phi) is 4.12. The van der Waals surface area contributed by atoms with Crippen molar-refractivity contribution in [1.82, 2.24) is 4.72 Å². The molecule has 3 N–H and O–H groups in total. The summed E-state index contributed by atoms with van der Waals surface area (Å²) in [6, 6.07) is 0. The summed E-state index contributed by atoms with van der Waals surface area (Å²) in [5.41, 5.74) is 0. The monoisotopic (exact) mass is 260 g/mol. The second kappa shape index (κ2) is 4.05. The highest BCUT2D eigenvalue weighted by Crippen LogP contribution is 1.70. The first kappa shape index (κ1) is 9.16. The van der Waals surface area contributed by atoms with Gasteiger partial charge in [0.1, 0.15) is 0 Å². The first-order valence-corrected chi connectivity index (χ1v) is 4.54. The van der Waals surface area contributed by atoms with Crippen molar-refractivity contribution < 1.29 is 8.42 Å². The highest BCUT2D eigenvalue weighted by molar-refractivity contribution is 14.1.